The molecule has 88 valence electrons. The van der Waals surface area contributed by atoms with Gasteiger partial charge in [0.2, 0.25) is 0 Å². The fourth-order valence-corrected chi connectivity index (χ4v) is 1.77. The Morgan fingerprint density at radius 1 is 1.47 bits per heavy atom. The molecule has 0 saturated heterocycles. The molecule has 2 rings (SSSR count). The lowest BCUT2D eigenvalue weighted by atomic mass is 10.1. The van der Waals surface area contributed by atoms with Crippen LogP contribution in [0.5, 0.6) is 0 Å². The highest BCUT2D eigenvalue weighted by atomic mass is 79.9. The number of aryl methyl sites for hydroxylation is 1. The maximum atomic E-state index is 13.6. The molecular formula is C10H7BrFN3O2. The first-order valence-corrected chi connectivity index (χ1v) is 5.38. The molecule has 7 heteroatoms. The van der Waals surface area contributed by atoms with Gasteiger partial charge < -0.3 is 5.11 Å². The standard InChI is InChI=1S/C10H7BrFN3O2/c1-15-13-8(9(14-15)10(16)17)6-4-5(11)2-3-7(6)12/h2-4H,1H3,(H,16,17). The summed E-state index contributed by atoms with van der Waals surface area (Å²) in [6.45, 7) is 0. The summed E-state index contributed by atoms with van der Waals surface area (Å²) in [6, 6.07) is 4.22. The van der Waals surface area contributed by atoms with Gasteiger partial charge in [-0.1, -0.05) is 15.9 Å². The second kappa shape index (κ2) is 4.25. The molecule has 0 saturated carbocycles. The molecule has 0 amide bonds. The number of hydrogen-bond donors (Lipinski definition) is 1. The SMILES string of the molecule is Cn1nc(C(=O)O)c(-c2cc(Br)ccc2F)n1. The van der Waals surface area contributed by atoms with E-state index in [0.29, 0.717) is 4.47 Å². The number of benzene rings is 1. The quantitative estimate of drug-likeness (QED) is 0.922. The molecule has 0 unspecified atom stereocenters. The van der Waals surface area contributed by atoms with Crippen LogP contribution in [0.15, 0.2) is 22.7 Å². The number of hydrogen-bond acceptors (Lipinski definition) is 3. The topological polar surface area (TPSA) is 68.0 Å². The van der Waals surface area contributed by atoms with Gasteiger partial charge in [-0.25, -0.2) is 9.18 Å². The summed E-state index contributed by atoms with van der Waals surface area (Å²) < 4.78 is 14.3. The van der Waals surface area contributed by atoms with Gasteiger partial charge in [-0.15, -0.1) is 5.10 Å². The van der Waals surface area contributed by atoms with Gasteiger partial charge in [-0.2, -0.15) is 9.90 Å². The van der Waals surface area contributed by atoms with Crippen LogP contribution < -0.4 is 0 Å². The lowest BCUT2D eigenvalue weighted by molar-refractivity contribution is 0.0690. The minimum Gasteiger partial charge on any atom is -0.476 e. The van der Waals surface area contributed by atoms with Gasteiger partial charge >= 0.3 is 5.97 Å². The van der Waals surface area contributed by atoms with Gasteiger partial charge in [-0.05, 0) is 18.2 Å². The van der Waals surface area contributed by atoms with Crippen LogP contribution in [0.2, 0.25) is 0 Å². The monoisotopic (exact) mass is 299 g/mol. The molecule has 0 aliphatic rings. The van der Waals surface area contributed by atoms with E-state index in [9.17, 15) is 9.18 Å². The largest absolute Gasteiger partial charge is 0.476 e. The Morgan fingerprint density at radius 3 is 2.82 bits per heavy atom. The summed E-state index contributed by atoms with van der Waals surface area (Å²) in [4.78, 5) is 12.1. The maximum absolute atomic E-state index is 13.6. The second-order valence-electron chi connectivity index (χ2n) is 3.32. The number of carbonyl (C=O) groups is 1. The van der Waals surface area contributed by atoms with E-state index in [0.717, 1.165) is 4.80 Å². The Hall–Kier alpha value is -1.76. The molecule has 1 N–H and O–H groups in total. The van der Waals surface area contributed by atoms with Crippen molar-refractivity contribution < 1.29 is 14.3 Å². The fourth-order valence-electron chi connectivity index (χ4n) is 1.41. The summed E-state index contributed by atoms with van der Waals surface area (Å²) in [5, 5.41) is 16.5. The lowest BCUT2D eigenvalue weighted by Crippen LogP contribution is -2.01. The molecule has 0 bridgehead atoms. The van der Waals surface area contributed by atoms with E-state index >= 15 is 0 Å². The summed E-state index contributed by atoms with van der Waals surface area (Å²) in [6.07, 6.45) is 0. The van der Waals surface area contributed by atoms with Crippen LogP contribution >= 0.6 is 15.9 Å². The van der Waals surface area contributed by atoms with Crippen LogP contribution in [0.4, 0.5) is 4.39 Å². The van der Waals surface area contributed by atoms with Crippen molar-refractivity contribution in [1.82, 2.24) is 15.0 Å². The van der Waals surface area contributed by atoms with Crippen LogP contribution in [0.25, 0.3) is 11.3 Å². The average Bonchev–Trinajstić information content (AvgIpc) is 2.64. The molecule has 0 aliphatic carbocycles. The summed E-state index contributed by atoms with van der Waals surface area (Å²) in [5.74, 6) is -1.79. The van der Waals surface area contributed by atoms with Crippen molar-refractivity contribution in [3.05, 3.63) is 34.2 Å². The first kappa shape index (κ1) is 11.7. The minimum atomic E-state index is -1.24. The zero-order valence-electron chi connectivity index (χ0n) is 8.69. The van der Waals surface area contributed by atoms with Crippen molar-refractivity contribution in [2.24, 2.45) is 7.05 Å². The lowest BCUT2D eigenvalue weighted by Gasteiger charge is -2.00. The van der Waals surface area contributed by atoms with Crippen LogP contribution in [0, 0.1) is 5.82 Å². The molecule has 1 heterocycles. The number of nitrogens with zero attached hydrogens (tertiary/aromatic N) is 3. The molecule has 2 aromatic rings. The van der Waals surface area contributed by atoms with Crippen molar-refractivity contribution in [3.8, 4) is 11.3 Å². The normalized spacial score (nSPS) is 10.5. The Labute approximate surface area is 104 Å². The molecule has 0 spiro atoms. The molecule has 0 radical (unpaired) electrons. The molecule has 1 aromatic carbocycles. The third kappa shape index (κ3) is 2.19. The summed E-state index contributed by atoms with van der Waals surface area (Å²) >= 11 is 3.19. The van der Waals surface area contributed by atoms with Gasteiger partial charge in [0.15, 0.2) is 5.69 Å². The summed E-state index contributed by atoms with van der Waals surface area (Å²) in [7, 11) is 1.48. The van der Waals surface area contributed by atoms with E-state index in [4.69, 9.17) is 5.11 Å². The zero-order valence-corrected chi connectivity index (χ0v) is 10.3. The molecule has 17 heavy (non-hydrogen) atoms. The van der Waals surface area contributed by atoms with E-state index in [2.05, 4.69) is 26.1 Å². The van der Waals surface area contributed by atoms with E-state index in [1.54, 1.807) is 0 Å². The number of carboxylic acids is 1. The van der Waals surface area contributed by atoms with Crippen molar-refractivity contribution >= 4 is 21.9 Å². The van der Waals surface area contributed by atoms with Gasteiger partial charge in [-0.3, -0.25) is 0 Å². The molecule has 5 nitrogen and oxygen atoms in total. The molecule has 0 aliphatic heterocycles. The van der Waals surface area contributed by atoms with Crippen LogP contribution in [-0.4, -0.2) is 26.1 Å². The van der Waals surface area contributed by atoms with Gasteiger partial charge in [0.05, 0.1) is 0 Å². The zero-order chi connectivity index (χ0) is 12.6. The predicted octanol–water partition coefficient (Wildman–Crippen LogP) is 2.08. The molecular weight excluding hydrogens is 293 g/mol. The van der Waals surface area contributed by atoms with E-state index in [1.165, 1.54) is 25.2 Å². The average molecular weight is 300 g/mol. The first-order valence-electron chi connectivity index (χ1n) is 4.59. The number of aromatic carboxylic acids is 1. The highest BCUT2D eigenvalue weighted by molar-refractivity contribution is 9.10. The number of aromatic nitrogens is 3. The minimum absolute atomic E-state index is 0.0128. The number of rotatable bonds is 2. The maximum Gasteiger partial charge on any atom is 0.358 e. The number of halogens is 2. The van der Waals surface area contributed by atoms with Crippen LogP contribution in [-0.2, 0) is 7.05 Å². The third-order valence-electron chi connectivity index (χ3n) is 2.10. The molecule has 0 atom stereocenters. The Kier molecular flexibility index (Phi) is 2.93. The smallest absolute Gasteiger partial charge is 0.358 e. The highest BCUT2D eigenvalue weighted by Gasteiger charge is 2.20. The van der Waals surface area contributed by atoms with Gasteiger partial charge in [0.25, 0.3) is 0 Å². The molecule has 0 fully saturated rings. The molecule has 1 aromatic heterocycles. The van der Waals surface area contributed by atoms with Crippen LogP contribution in [0.1, 0.15) is 10.5 Å². The van der Waals surface area contributed by atoms with Crippen molar-refractivity contribution in [2.45, 2.75) is 0 Å². The predicted molar refractivity (Wildman–Crippen MR) is 61.1 cm³/mol. The van der Waals surface area contributed by atoms with Crippen molar-refractivity contribution in [2.75, 3.05) is 0 Å². The van der Waals surface area contributed by atoms with E-state index in [1.807, 2.05) is 0 Å². The second-order valence-corrected chi connectivity index (χ2v) is 4.23. The Bertz CT molecular complexity index is 597. The number of carboxylic acid groups (broad SMARTS) is 1. The first-order chi connectivity index (χ1) is 7.99. The van der Waals surface area contributed by atoms with E-state index < -0.39 is 11.8 Å². The van der Waals surface area contributed by atoms with Gasteiger partial charge in [0, 0.05) is 17.1 Å². The fraction of sp³-hybridized carbons (Fsp3) is 0.100. The van der Waals surface area contributed by atoms with Crippen LogP contribution in [0.3, 0.4) is 0 Å². The van der Waals surface area contributed by atoms with Crippen molar-refractivity contribution in [3.63, 3.8) is 0 Å². The Balaban J connectivity index is 2.67. The third-order valence-corrected chi connectivity index (χ3v) is 2.59. The highest BCUT2D eigenvalue weighted by Crippen LogP contribution is 2.26. The van der Waals surface area contributed by atoms with E-state index in [-0.39, 0.29) is 17.0 Å². The van der Waals surface area contributed by atoms with Crippen molar-refractivity contribution in [1.29, 1.82) is 0 Å². The summed E-state index contributed by atoms with van der Waals surface area (Å²) in [5.41, 5.74) is -0.159. The van der Waals surface area contributed by atoms with Gasteiger partial charge in [0.1, 0.15) is 11.5 Å². The Morgan fingerprint density at radius 2 is 2.18 bits per heavy atom.